The lowest BCUT2D eigenvalue weighted by molar-refractivity contribution is 0.647. The fraction of sp³-hybridized carbons (Fsp3) is 0.0811. The van der Waals surface area contributed by atoms with Crippen LogP contribution in [-0.4, -0.2) is 9.97 Å². The first-order valence-corrected chi connectivity index (χ1v) is 13.7. The molecule has 8 rings (SSSR count). The molecule has 0 radical (unpaired) electrons. The van der Waals surface area contributed by atoms with Crippen LogP contribution in [0.5, 0.6) is 0 Å². The smallest absolute Gasteiger partial charge is 0.160 e. The molecule has 190 valence electrons. The van der Waals surface area contributed by atoms with Gasteiger partial charge in [0.2, 0.25) is 0 Å². The molecule has 0 atom stereocenters. The van der Waals surface area contributed by atoms with Crippen molar-refractivity contribution in [2.45, 2.75) is 19.3 Å². The van der Waals surface area contributed by atoms with Crippen molar-refractivity contribution >= 4 is 21.9 Å². The first-order valence-electron chi connectivity index (χ1n) is 13.7. The van der Waals surface area contributed by atoms with E-state index < -0.39 is 0 Å². The molecule has 1 aliphatic rings. The molecule has 0 aliphatic heterocycles. The van der Waals surface area contributed by atoms with Gasteiger partial charge < -0.3 is 4.42 Å². The van der Waals surface area contributed by atoms with E-state index in [1.807, 2.05) is 36.4 Å². The Morgan fingerprint density at radius 3 is 1.93 bits per heavy atom. The first kappa shape index (κ1) is 22.9. The van der Waals surface area contributed by atoms with Gasteiger partial charge in [0.05, 0.1) is 11.4 Å². The first-order chi connectivity index (χ1) is 19.6. The van der Waals surface area contributed by atoms with Crippen molar-refractivity contribution in [1.82, 2.24) is 9.97 Å². The molecule has 5 aromatic carbocycles. The summed E-state index contributed by atoms with van der Waals surface area (Å²) in [4.78, 5) is 9.98. The normalized spacial score (nSPS) is 13.4. The molecule has 3 nitrogen and oxygen atoms in total. The Bertz CT molecular complexity index is 2010. The third kappa shape index (κ3) is 3.44. The third-order valence-electron chi connectivity index (χ3n) is 8.30. The highest BCUT2D eigenvalue weighted by atomic mass is 16.3. The van der Waals surface area contributed by atoms with Crippen LogP contribution in [0.25, 0.3) is 67.0 Å². The maximum Gasteiger partial charge on any atom is 0.160 e. The van der Waals surface area contributed by atoms with Crippen molar-refractivity contribution in [3.8, 4) is 45.0 Å². The molecule has 0 spiro atoms. The Morgan fingerprint density at radius 2 is 1.15 bits per heavy atom. The van der Waals surface area contributed by atoms with E-state index in [2.05, 4.69) is 98.8 Å². The predicted molar refractivity (Wildman–Crippen MR) is 163 cm³/mol. The average Bonchev–Trinajstić information content (AvgIpc) is 3.48. The van der Waals surface area contributed by atoms with Crippen LogP contribution in [0.15, 0.2) is 126 Å². The minimum absolute atomic E-state index is 0.0626. The van der Waals surface area contributed by atoms with Crippen molar-refractivity contribution < 1.29 is 4.42 Å². The largest absolute Gasteiger partial charge is 0.456 e. The molecule has 0 fully saturated rings. The third-order valence-corrected chi connectivity index (χ3v) is 8.30. The van der Waals surface area contributed by atoms with Crippen LogP contribution in [0.2, 0.25) is 0 Å². The highest BCUT2D eigenvalue weighted by Crippen LogP contribution is 2.50. The van der Waals surface area contributed by atoms with Gasteiger partial charge in [0, 0.05) is 32.9 Å². The Hall–Kier alpha value is -5.02. The molecule has 0 saturated carbocycles. The van der Waals surface area contributed by atoms with Crippen LogP contribution in [0, 0.1) is 0 Å². The van der Waals surface area contributed by atoms with Gasteiger partial charge in [-0.1, -0.05) is 98.8 Å². The summed E-state index contributed by atoms with van der Waals surface area (Å²) in [5.41, 5.74) is 11.9. The predicted octanol–water partition coefficient (Wildman–Crippen LogP) is 9.68. The molecule has 3 heteroatoms. The van der Waals surface area contributed by atoms with Crippen LogP contribution in [0.3, 0.4) is 0 Å². The van der Waals surface area contributed by atoms with Gasteiger partial charge >= 0.3 is 0 Å². The zero-order valence-corrected chi connectivity index (χ0v) is 22.3. The molecular weight excluding hydrogens is 488 g/mol. The van der Waals surface area contributed by atoms with Gasteiger partial charge in [0.25, 0.3) is 0 Å². The maximum absolute atomic E-state index is 6.41. The lowest BCUT2D eigenvalue weighted by Crippen LogP contribution is -2.14. The van der Waals surface area contributed by atoms with Crippen LogP contribution in [-0.2, 0) is 5.41 Å². The van der Waals surface area contributed by atoms with Gasteiger partial charge in [-0.05, 0) is 58.7 Å². The highest BCUT2D eigenvalue weighted by molar-refractivity contribution is 6.09. The summed E-state index contributed by atoms with van der Waals surface area (Å²) in [5.74, 6) is 0.714. The minimum atomic E-state index is -0.0626. The number of nitrogens with zero attached hydrogens (tertiary/aromatic N) is 2. The number of furan rings is 1. The Balaban J connectivity index is 1.33. The van der Waals surface area contributed by atoms with Gasteiger partial charge in [0.15, 0.2) is 5.82 Å². The van der Waals surface area contributed by atoms with E-state index in [0.717, 1.165) is 50.0 Å². The summed E-state index contributed by atoms with van der Waals surface area (Å²) in [5, 5.41) is 2.22. The second kappa shape index (κ2) is 8.49. The SMILES string of the molecule is CC1(C)c2ccccc2-c2cc3c(cc21)oc1ccc(-c2cc(-c4ccccc4)nc(-c4ccccc4)n2)cc13. The number of rotatable bonds is 3. The quantitative estimate of drug-likeness (QED) is 0.236. The van der Waals surface area contributed by atoms with E-state index in [9.17, 15) is 0 Å². The van der Waals surface area contributed by atoms with E-state index in [0.29, 0.717) is 5.82 Å². The van der Waals surface area contributed by atoms with Gasteiger partial charge in [-0.25, -0.2) is 9.97 Å². The van der Waals surface area contributed by atoms with Crippen molar-refractivity contribution in [1.29, 1.82) is 0 Å². The number of benzene rings is 5. The van der Waals surface area contributed by atoms with Crippen LogP contribution in [0.4, 0.5) is 0 Å². The van der Waals surface area contributed by atoms with Crippen molar-refractivity contribution in [3.05, 3.63) is 132 Å². The number of hydrogen-bond donors (Lipinski definition) is 0. The fourth-order valence-electron chi connectivity index (χ4n) is 6.20. The van der Waals surface area contributed by atoms with Gasteiger partial charge in [-0.2, -0.15) is 0 Å². The molecule has 0 amide bonds. The van der Waals surface area contributed by atoms with E-state index in [4.69, 9.17) is 14.4 Å². The topological polar surface area (TPSA) is 38.9 Å². The molecular formula is C37H26N2O. The summed E-state index contributed by atoms with van der Waals surface area (Å²) in [6.07, 6.45) is 0. The Kier molecular flexibility index (Phi) is 4.86. The lowest BCUT2D eigenvalue weighted by Gasteiger charge is -2.21. The molecule has 1 aliphatic carbocycles. The number of hydrogen-bond acceptors (Lipinski definition) is 3. The molecule has 0 saturated heterocycles. The van der Waals surface area contributed by atoms with Crippen LogP contribution < -0.4 is 0 Å². The number of fused-ring (bicyclic) bond motifs is 6. The molecule has 0 unspecified atom stereocenters. The molecule has 0 bridgehead atoms. The molecule has 2 aromatic heterocycles. The molecule has 7 aromatic rings. The Morgan fingerprint density at radius 1 is 0.500 bits per heavy atom. The summed E-state index contributed by atoms with van der Waals surface area (Å²) in [6.45, 7) is 4.60. The van der Waals surface area contributed by atoms with Gasteiger partial charge in [-0.3, -0.25) is 0 Å². The van der Waals surface area contributed by atoms with E-state index in [1.54, 1.807) is 0 Å². The van der Waals surface area contributed by atoms with Crippen LogP contribution >= 0.6 is 0 Å². The van der Waals surface area contributed by atoms with Crippen molar-refractivity contribution in [3.63, 3.8) is 0 Å². The van der Waals surface area contributed by atoms with E-state index in [-0.39, 0.29) is 5.41 Å². The lowest BCUT2D eigenvalue weighted by atomic mass is 9.82. The second-order valence-corrected chi connectivity index (χ2v) is 11.1. The molecule has 0 N–H and O–H groups in total. The maximum atomic E-state index is 6.41. The zero-order chi connectivity index (χ0) is 26.8. The Labute approximate surface area is 232 Å². The second-order valence-electron chi connectivity index (χ2n) is 11.1. The van der Waals surface area contributed by atoms with E-state index in [1.165, 1.54) is 22.3 Å². The van der Waals surface area contributed by atoms with Crippen molar-refractivity contribution in [2.24, 2.45) is 0 Å². The minimum Gasteiger partial charge on any atom is -0.456 e. The van der Waals surface area contributed by atoms with Crippen LogP contribution in [0.1, 0.15) is 25.0 Å². The average molecular weight is 515 g/mol. The summed E-state index contributed by atoms with van der Waals surface area (Å²) < 4.78 is 6.41. The highest BCUT2D eigenvalue weighted by Gasteiger charge is 2.36. The summed E-state index contributed by atoms with van der Waals surface area (Å²) in [6, 6.07) is 42.2. The van der Waals surface area contributed by atoms with Crippen molar-refractivity contribution in [2.75, 3.05) is 0 Å². The summed E-state index contributed by atoms with van der Waals surface area (Å²) in [7, 11) is 0. The van der Waals surface area contributed by atoms with Gasteiger partial charge in [-0.15, -0.1) is 0 Å². The molecule has 40 heavy (non-hydrogen) atoms. The summed E-state index contributed by atoms with van der Waals surface area (Å²) >= 11 is 0. The van der Waals surface area contributed by atoms with Gasteiger partial charge in [0.1, 0.15) is 11.2 Å². The fourth-order valence-corrected chi connectivity index (χ4v) is 6.20. The number of aromatic nitrogens is 2. The standard InChI is InChI=1S/C37H26N2O/c1-37(2)30-16-10-9-15-26(30)27-20-29-28-19-25(17-18-34(28)40-35(29)21-31(27)37)33-22-32(23-11-5-3-6-12-23)38-36(39-33)24-13-7-4-8-14-24/h3-22H,1-2H3. The monoisotopic (exact) mass is 514 g/mol. The molecule has 2 heterocycles. The van der Waals surface area contributed by atoms with E-state index >= 15 is 0 Å². The zero-order valence-electron chi connectivity index (χ0n) is 22.3.